The number of nitrogens with two attached hydrogens (primary N) is 1. The third-order valence-electron chi connectivity index (χ3n) is 1.52. The Morgan fingerprint density at radius 1 is 1.73 bits per heavy atom. The zero-order valence-corrected chi connectivity index (χ0v) is 7.10. The minimum atomic E-state index is -1.17. The Kier molecular flexibility index (Phi) is 2.24. The van der Waals surface area contributed by atoms with E-state index in [2.05, 4.69) is 0 Å². The van der Waals surface area contributed by atoms with Gasteiger partial charge >= 0.3 is 0 Å². The summed E-state index contributed by atoms with van der Waals surface area (Å²) in [6, 6.07) is 1.26. The van der Waals surface area contributed by atoms with E-state index in [9.17, 15) is 0 Å². The molecule has 4 heteroatoms. The first-order chi connectivity index (χ1) is 5.10. The second-order valence-electron chi connectivity index (χ2n) is 2.27. The van der Waals surface area contributed by atoms with Gasteiger partial charge in [-0.05, 0) is 12.2 Å². The molecule has 2 atom stereocenters. The molecule has 0 heterocycles. The molecule has 0 saturated carbocycles. The van der Waals surface area contributed by atoms with E-state index in [1.54, 1.807) is 12.2 Å². The first-order valence-electron chi connectivity index (χ1n) is 3.01. The summed E-state index contributed by atoms with van der Waals surface area (Å²) in [5.74, 6) is 0. The largest absolute Gasteiger partial charge is 0.321 e. The highest BCUT2D eigenvalue weighted by molar-refractivity contribution is 6.34. The second-order valence-corrected chi connectivity index (χ2v) is 3.33. The SMILES string of the molecule is N#CC1(Cl)C=CC=C(Cl)C1N. The third-order valence-corrected chi connectivity index (χ3v) is 2.32. The van der Waals surface area contributed by atoms with Crippen LogP contribution in [0, 0.1) is 11.3 Å². The molecule has 0 aromatic rings. The number of nitriles is 1. The molecular formula is C7H6Cl2N2. The van der Waals surface area contributed by atoms with Gasteiger partial charge < -0.3 is 5.73 Å². The molecule has 0 aromatic carbocycles. The normalized spacial score (nSPS) is 36.2. The summed E-state index contributed by atoms with van der Waals surface area (Å²) in [4.78, 5) is -1.17. The first kappa shape index (κ1) is 8.61. The fourth-order valence-corrected chi connectivity index (χ4v) is 1.29. The third kappa shape index (κ3) is 1.41. The minimum Gasteiger partial charge on any atom is -0.321 e. The van der Waals surface area contributed by atoms with Gasteiger partial charge in [-0.15, -0.1) is 0 Å². The number of hydrogen-bond donors (Lipinski definition) is 1. The predicted molar refractivity (Wildman–Crippen MR) is 45.2 cm³/mol. The number of allylic oxidation sites excluding steroid dienone is 2. The standard InChI is InChI=1S/C7H6Cl2N2/c8-5-2-1-3-7(9,4-10)6(5)11/h1-3,6H,11H2. The molecule has 11 heavy (non-hydrogen) atoms. The fraction of sp³-hybridized carbons (Fsp3) is 0.286. The molecule has 1 aliphatic rings. The number of halogens is 2. The van der Waals surface area contributed by atoms with Crippen molar-refractivity contribution < 1.29 is 0 Å². The summed E-state index contributed by atoms with van der Waals surface area (Å²) in [5, 5.41) is 9.05. The van der Waals surface area contributed by atoms with Crippen LogP contribution in [0.25, 0.3) is 0 Å². The van der Waals surface area contributed by atoms with Crippen molar-refractivity contribution in [2.45, 2.75) is 10.9 Å². The van der Waals surface area contributed by atoms with Gasteiger partial charge in [0.15, 0.2) is 4.87 Å². The molecular weight excluding hydrogens is 183 g/mol. The molecule has 0 bridgehead atoms. The Morgan fingerprint density at radius 2 is 2.36 bits per heavy atom. The maximum absolute atomic E-state index is 8.64. The highest BCUT2D eigenvalue weighted by Crippen LogP contribution is 2.29. The topological polar surface area (TPSA) is 49.8 Å². The van der Waals surface area contributed by atoms with E-state index in [4.69, 9.17) is 34.2 Å². The van der Waals surface area contributed by atoms with Gasteiger partial charge in [0.25, 0.3) is 0 Å². The molecule has 58 valence electrons. The van der Waals surface area contributed by atoms with E-state index in [-0.39, 0.29) is 0 Å². The smallest absolute Gasteiger partial charge is 0.169 e. The van der Waals surface area contributed by atoms with Crippen LogP contribution in [-0.4, -0.2) is 10.9 Å². The van der Waals surface area contributed by atoms with Crippen LogP contribution in [0.4, 0.5) is 0 Å². The van der Waals surface area contributed by atoms with Crippen molar-refractivity contribution in [2.24, 2.45) is 5.73 Å². The number of hydrogen-bond acceptors (Lipinski definition) is 2. The molecule has 0 amide bonds. The Labute approximate surface area is 74.9 Å². The lowest BCUT2D eigenvalue weighted by Crippen LogP contribution is -2.42. The highest BCUT2D eigenvalue weighted by Gasteiger charge is 2.35. The van der Waals surface area contributed by atoms with Crippen molar-refractivity contribution >= 4 is 23.2 Å². The molecule has 0 radical (unpaired) electrons. The van der Waals surface area contributed by atoms with Gasteiger partial charge in [-0.1, -0.05) is 29.3 Å². The lowest BCUT2D eigenvalue weighted by atomic mass is 9.96. The molecule has 0 saturated heterocycles. The quantitative estimate of drug-likeness (QED) is 0.587. The van der Waals surface area contributed by atoms with E-state index in [0.29, 0.717) is 5.03 Å². The number of rotatable bonds is 0. The van der Waals surface area contributed by atoms with Gasteiger partial charge in [0.1, 0.15) is 0 Å². The van der Waals surface area contributed by atoms with Gasteiger partial charge in [-0.25, -0.2) is 0 Å². The van der Waals surface area contributed by atoms with Crippen LogP contribution in [0.15, 0.2) is 23.3 Å². The summed E-state index contributed by atoms with van der Waals surface area (Å²) in [6.07, 6.45) is 4.79. The maximum Gasteiger partial charge on any atom is 0.169 e. The Hall–Kier alpha value is -0.490. The molecule has 0 aromatic heterocycles. The van der Waals surface area contributed by atoms with E-state index < -0.39 is 10.9 Å². The minimum absolute atomic E-state index is 0.407. The molecule has 2 nitrogen and oxygen atoms in total. The van der Waals surface area contributed by atoms with Gasteiger partial charge in [0.05, 0.1) is 12.1 Å². The Morgan fingerprint density at radius 3 is 2.82 bits per heavy atom. The van der Waals surface area contributed by atoms with E-state index in [1.165, 1.54) is 6.08 Å². The molecule has 2 unspecified atom stereocenters. The first-order valence-corrected chi connectivity index (χ1v) is 3.76. The van der Waals surface area contributed by atoms with E-state index >= 15 is 0 Å². The lowest BCUT2D eigenvalue weighted by molar-refractivity contribution is 0.719. The Balaban J connectivity index is 3.00. The van der Waals surface area contributed by atoms with Gasteiger partial charge in [0, 0.05) is 5.03 Å². The fourth-order valence-electron chi connectivity index (χ4n) is 0.795. The maximum atomic E-state index is 8.64. The van der Waals surface area contributed by atoms with Gasteiger partial charge in [-0.2, -0.15) is 5.26 Å². The zero-order valence-electron chi connectivity index (χ0n) is 5.59. The van der Waals surface area contributed by atoms with Gasteiger partial charge in [0.2, 0.25) is 0 Å². The van der Waals surface area contributed by atoms with Crippen molar-refractivity contribution in [3.63, 3.8) is 0 Å². The summed E-state index contributed by atoms with van der Waals surface area (Å²) < 4.78 is 0. The van der Waals surface area contributed by atoms with Crippen molar-refractivity contribution in [3.8, 4) is 6.07 Å². The van der Waals surface area contributed by atoms with Crippen molar-refractivity contribution in [3.05, 3.63) is 23.3 Å². The molecule has 0 fully saturated rings. The molecule has 1 rings (SSSR count). The monoisotopic (exact) mass is 188 g/mol. The average molecular weight is 189 g/mol. The van der Waals surface area contributed by atoms with Crippen molar-refractivity contribution in [1.29, 1.82) is 5.26 Å². The van der Waals surface area contributed by atoms with Gasteiger partial charge in [-0.3, -0.25) is 0 Å². The van der Waals surface area contributed by atoms with Crippen LogP contribution < -0.4 is 5.73 Å². The van der Waals surface area contributed by atoms with Crippen LogP contribution in [0.2, 0.25) is 0 Å². The zero-order chi connectivity index (χ0) is 8.48. The molecule has 0 spiro atoms. The number of nitrogens with zero attached hydrogens (tertiary/aromatic N) is 1. The summed E-state index contributed by atoms with van der Waals surface area (Å²) in [7, 11) is 0. The molecule has 1 aliphatic carbocycles. The van der Waals surface area contributed by atoms with Crippen LogP contribution >= 0.6 is 23.2 Å². The predicted octanol–water partition coefficient (Wildman–Crippen LogP) is 1.51. The molecule has 0 aliphatic heterocycles. The second kappa shape index (κ2) is 2.86. The number of alkyl halides is 1. The van der Waals surface area contributed by atoms with Crippen LogP contribution in [0.5, 0.6) is 0 Å². The average Bonchev–Trinajstić information content (AvgIpc) is 2.00. The summed E-state index contributed by atoms with van der Waals surface area (Å²) in [5.41, 5.74) is 5.56. The van der Waals surface area contributed by atoms with E-state index in [0.717, 1.165) is 0 Å². The van der Waals surface area contributed by atoms with Crippen molar-refractivity contribution in [1.82, 2.24) is 0 Å². The van der Waals surface area contributed by atoms with Crippen LogP contribution in [-0.2, 0) is 0 Å². The van der Waals surface area contributed by atoms with Crippen molar-refractivity contribution in [2.75, 3.05) is 0 Å². The molecule has 2 N–H and O–H groups in total. The highest BCUT2D eigenvalue weighted by atomic mass is 35.5. The Bertz CT molecular complexity index is 264. The van der Waals surface area contributed by atoms with E-state index in [1.807, 2.05) is 6.07 Å². The summed E-state index contributed by atoms with van der Waals surface area (Å²) >= 11 is 11.5. The van der Waals surface area contributed by atoms with Crippen LogP contribution in [0.3, 0.4) is 0 Å². The lowest BCUT2D eigenvalue weighted by Gasteiger charge is -2.24. The summed E-state index contributed by atoms with van der Waals surface area (Å²) in [6.45, 7) is 0. The van der Waals surface area contributed by atoms with Crippen LogP contribution in [0.1, 0.15) is 0 Å².